The molecule has 0 aliphatic heterocycles. The van der Waals surface area contributed by atoms with Crippen LogP contribution in [0.15, 0.2) is 29.5 Å². The minimum absolute atomic E-state index is 0. The van der Waals surface area contributed by atoms with Gasteiger partial charge in [0, 0.05) is 26.8 Å². The molecule has 0 saturated heterocycles. The average molecular weight is 277 g/mol. The van der Waals surface area contributed by atoms with Crippen LogP contribution in [0.25, 0.3) is 0 Å². The van der Waals surface area contributed by atoms with Gasteiger partial charge in [0.15, 0.2) is 0 Å². The molecule has 0 aromatic heterocycles. The quantitative estimate of drug-likeness (QED) is 0.388. The van der Waals surface area contributed by atoms with Gasteiger partial charge < -0.3 is 17.0 Å². The van der Waals surface area contributed by atoms with Gasteiger partial charge in [-0.2, -0.15) is 0 Å². The van der Waals surface area contributed by atoms with E-state index in [9.17, 15) is 0 Å². The summed E-state index contributed by atoms with van der Waals surface area (Å²) in [6.07, 6.45) is 7.88. The van der Waals surface area contributed by atoms with Gasteiger partial charge in [-0.1, -0.05) is 11.6 Å². The molecule has 1 radical (unpaired) electrons. The molecule has 0 N–H and O–H groups in total. The van der Waals surface area contributed by atoms with Crippen molar-refractivity contribution in [2.75, 3.05) is 0 Å². The van der Waals surface area contributed by atoms with E-state index in [1.165, 1.54) is 5.57 Å². The van der Waals surface area contributed by atoms with Gasteiger partial charge >= 0.3 is 0 Å². The molecule has 0 bridgehead atoms. The third-order valence-corrected chi connectivity index (χ3v) is 0.885. The maximum Gasteiger partial charge on any atom is 0.0160 e. The molecule has 0 atom stereocenters. The third kappa shape index (κ3) is 4.88. The SMILES string of the molecule is CC1=CC=C=C[CH]1.[Br-].[Pd]. The molecular weight excluding hydrogens is 270 g/mol. The third-order valence-electron chi connectivity index (χ3n) is 0.885. The standard InChI is InChI=1S/C7H7.BrH.Pd/c1-7-5-3-2-4-6-7;;/h3-6H,1H3;1H;/p-1. The van der Waals surface area contributed by atoms with Crippen molar-refractivity contribution in [1.29, 1.82) is 0 Å². The van der Waals surface area contributed by atoms with E-state index in [0.717, 1.165) is 0 Å². The number of rotatable bonds is 0. The van der Waals surface area contributed by atoms with Gasteiger partial charge in [-0.25, -0.2) is 0 Å². The number of allylic oxidation sites excluding steroid dienone is 3. The minimum atomic E-state index is 0. The first-order valence-electron chi connectivity index (χ1n) is 2.32. The Bertz CT molecular complexity index is 152. The summed E-state index contributed by atoms with van der Waals surface area (Å²) in [6, 6.07) is 0. The predicted octanol–water partition coefficient (Wildman–Crippen LogP) is -1.14. The molecule has 2 heteroatoms. The van der Waals surface area contributed by atoms with Crippen molar-refractivity contribution in [1.82, 2.24) is 0 Å². The van der Waals surface area contributed by atoms with Crippen molar-refractivity contribution in [2.24, 2.45) is 0 Å². The van der Waals surface area contributed by atoms with E-state index < -0.39 is 0 Å². The second-order valence-corrected chi connectivity index (χ2v) is 1.58. The van der Waals surface area contributed by atoms with Crippen LogP contribution < -0.4 is 17.0 Å². The Hall–Kier alpha value is 0.402. The molecular formula is C7H7BrPd-. The normalized spacial score (nSPS) is 13.2. The molecule has 0 spiro atoms. The van der Waals surface area contributed by atoms with Crippen molar-refractivity contribution in [3.8, 4) is 0 Å². The van der Waals surface area contributed by atoms with Gasteiger partial charge in [0.25, 0.3) is 0 Å². The summed E-state index contributed by atoms with van der Waals surface area (Å²) in [4.78, 5) is 0. The average Bonchev–Trinajstić information content (AvgIpc) is 1.69. The second kappa shape index (κ2) is 6.52. The fourth-order valence-corrected chi connectivity index (χ4v) is 0.470. The first-order chi connectivity index (χ1) is 3.39. The van der Waals surface area contributed by atoms with Crippen LogP contribution >= 0.6 is 0 Å². The Morgan fingerprint density at radius 1 is 1.33 bits per heavy atom. The molecule has 0 nitrogen and oxygen atoms in total. The van der Waals surface area contributed by atoms with Crippen molar-refractivity contribution >= 4 is 0 Å². The van der Waals surface area contributed by atoms with Crippen LogP contribution in [0.3, 0.4) is 0 Å². The van der Waals surface area contributed by atoms with Gasteiger partial charge in [-0.05, 0) is 19.1 Å². The van der Waals surface area contributed by atoms with Crippen LogP contribution in [0.5, 0.6) is 0 Å². The van der Waals surface area contributed by atoms with Gasteiger partial charge in [0.2, 0.25) is 0 Å². The van der Waals surface area contributed by atoms with Gasteiger partial charge in [0.1, 0.15) is 0 Å². The van der Waals surface area contributed by atoms with E-state index in [2.05, 4.69) is 12.7 Å². The molecule has 0 aromatic rings. The second-order valence-electron chi connectivity index (χ2n) is 1.58. The molecule has 1 rings (SSSR count). The van der Waals surface area contributed by atoms with Crippen molar-refractivity contribution < 1.29 is 37.4 Å². The Morgan fingerprint density at radius 3 is 2.22 bits per heavy atom. The van der Waals surface area contributed by atoms with Crippen molar-refractivity contribution in [3.05, 3.63) is 36.0 Å². The maximum absolute atomic E-state index is 2.93. The topological polar surface area (TPSA) is 0 Å². The molecule has 0 fully saturated rings. The Balaban J connectivity index is 0. The van der Waals surface area contributed by atoms with Gasteiger partial charge in [-0.15, -0.1) is 5.73 Å². The summed E-state index contributed by atoms with van der Waals surface area (Å²) in [7, 11) is 0. The van der Waals surface area contributed by atoms with Crippen LogP contribution in [-0.2, 0) is 20.4 Å². The smallest absolute Gasteiger partial charge is 0.0160 e. The Morgan fingerprint density at radius 2 is 2.00 bits per heavy atom. The van der Waals surface area contributed by atoms with Crippen LogP contribution in [0.1, 0.15) is 6.92 Å². The zero-order chi connectivity index (χ0) is 5.11. The van der Waals surface area contributed by atoms with E-state index in [-0.39, 0.29) is 37.4 Å². The molecule has 0 amide bonds. The molecule has 0 aromatic carbocycles. The van der Waals surface area contributed by atoms with Crippen LogP contribution in [0, 0.1) is 6.42 Å². The molecule has 1 aliphatic carbocycles. The van der Waals surface area contributed by atoms with Gasteiger partial charge in [-0.3, -0.25) is 0 Å². The number of halogens is 1. The molecule has 0 heterocycles. The summed E-state index contributed by atoms with van der Waals surface area (Å²) in [5.74, 6) is 0. The van der Waals surface area contributed by atoms with E-state index in [4.69, 9.17) is 0 Å². The zero-order valence-corrected chi connectivity index (χ0v) is 8.14. The zero-order valence-electron chi connectivity index (χ0n) is 5.00. The summed E-state index contributed by atoms with van der Waals surface area (Å²) in [6.45, 7) is 2.06. The molecule has 0 unspecified atom stereocenters. The minimum Gasteiger partial charge on any atom is -1.00 e. The van der Waals surface area contributed by atoms with E-state index in [0.29, 0.717) is 0 Å². The number of hydrogen-bond donors (Lipinski definition) is 0. The summed E-state index contributed by atoms with van der Waals surface area (Å²) >= 11 is 0. The molecule has 53 valence electrons. The van der Waals surface area contributed by atoms with Crippen LogP contribution in [-0.4, -0.2) is 0 Å². The first-order valence-corrected chi connectivity index (χ1v) is 2.32. The molecule has 9 heavy (non-hydrogen) atoms. The Labute approximate surface area is 80.1 Å². The first kappa shape index (κ1) is 12.1. The maximum atomic E-state index is 2.93. The van der Waals surface area contributed by atoms with Crippen molar-refractivity contribution in [3.63, 3.8) is 0 Å². The summed E-state index contributed by atoms with van der Waals surface area (Å²) in [5.41, 5.74) is 4.22. The van der Waals surface area contributed by atoms with Crippen molar-refractivity contribution in [2.45, 2.75) is 6.92 Å². The fourth-order valence-electron chi connectivity index (χ4n) is 0.470. The van der Waals surface area contributed by atoms with Gasteiger partial charge in [0.05, 0.1) is 0 Å². The Kier molecular flexibility index (Phi) is 8.78. The molecule has 0 saturated carbocycles. The monoisotopic (exact) mass is 276 g/mol. The predicted molar refractivity (Wildman–Crippen MR) is 30.7 cm³/mol. The molecule has 1 aliphatic rings. The van der Waals surface area contributed by atoms with E-state index in [1.807, 2.05) is 24.6 Å². The van der Waals surface area contributed by atoms with E-state index in [1.54, 1.807) is 0 Å². The van der Waals surface area contributed by atoms with Crippen LogP contribution in [0.2, 0.25) is 0 Å². The van der Waals surface area contributed by atoms with E-state index >= 15 is 0 Å². The summed E-state index contributed by atoms with van der Waals surface area (Å²) in [5, 5.41) is 0. The summed E-state index contributed by atoms with van der Waals surface area (Å²) < 4.78 is 0. The fraction of sp³-hybridized carbons (Fsp3) is 0.143. The number of hydrogen-bond acceptors (Lipinski definition) is 0. The largest absolute Gasteiger partial charge is 1.00 e. The van der Waals surface area contributed by atoms with Crippen LogP contribution in [0.4, 0.5) is 0 Å².